The summed E-state index contributed by atoms with van der Waals surface area (Å²) >= 11 is 0. The Morgan fingerprint density at radius 3 is 2.60 bits per heavy atom. The van der Waals surface area contributed by atoms with Gasteiger partial charge in [-0.05, 0) is 50.8 Å². The molecule has 9 nitrogen and oxygen atoms in total. The van der Waals surface area contributed by atoms with Gasteiger partial charge in [0.1, 0.15) is 17.0 Å². The number of imidazole rings is 1. The number of aromatic nitrogens is 4. The monoisotopic (exact) mass is 478 g/mol. The molecule has 0 bridgehead atoms. The van der Waals surface area contributed by atoms with Crippen LogP contribution in [0, 0.1) is 12.7 Å². The van der Waals surface area contributed by atoms with E-state index in [9.17, 15) is 4.39 Å². The standard InChI is InChI=1S/C25H31FN8O/c1-15-11-16(26)23-21(12-15)34(5)24(31-23)18-7-8-28-25(29-18)30-19-13-17(27)20(14-22(19)35-6)33(4)10-9-32(2)3/h7-8,11-14H,9-10,27H2,1-6H3,(H,28,29,30). The van der Waals surface area contributed by atoms with E-state index in [1.165, 1.54) is 6.07 Å². The number of nitrogen functional groups attached to an aromatic ring is 1. The highest BCUT2D eigenvalue weighted by atomic mass is 19.1. The number of nitrogens with zero attached hydrogens (tertiary/aromatic N) is 6. The van der Waals surface area contributed by atoms with Gasteiger partial charge in [0.05, 0.1) is 29.7 Å². The van der Waals surface area contributed by atoms with E-state index in [-0.39, 0.29) is 5.82 Å². The van der Waals surface area contributed by atoms with Gasteiger partial charge in [-0.3, -0.25) is 0 Å². The zero-order valence-corrected chi connectivity index (χ0v) is 20.9. The average molecular weight is 479 g/mol. The largest absolute Gasteiger partial charge is 0.494 e. The van der Waals surface area contributed by atoms with Gasteiger partial charge in [-0.1, -0.05) is 0 Å². The van der Waals surface area contributed by atoms with Gasteiger partial charge >= 0.3 is 0 Å². The molecule has 0 saturated heterocycles. The number of halogens is 1. The summed E-state index contributed by atoms with van der Waals surface area (Å²) in [5.74, 6) is 1.14. The van der Waals surface area contributed by atoms with Crippen LogP contribution in [-0.2, 0) is 7.05 Å². The quantitative estimate of drug-likeness (QED) is 0.369. The Kier molecular flexibility index (Phi) is 6.74. The van der Waals surface area contributed by atoms with E-state index in [1.807, 2.05) is 57.9 Å². The molecule has 0 saturated carbocycles. The number of hydrogen-bond donors (Lipinski definition) is 2. The molecule has 0 radical (unpaired) electrons. The van der Waals surface area contributed by atoms with E-state index < -0.39 is 0 Å². The Morgan fingerprint density at radius 1 is 1.11 bits per heavy atom. The molecule has 4 aromatic rings. The van der Waals surface area contributed by atoms with Crippen LogP contribution in [0.3, 0.4) is 0 Å². The smallest absolute Gasteiger partial charge is 0.227 e. The lowest BCUT2D eigenvalue weighted by Gasteiger charge is -2.24. The number of rotatable bonds is 8. The van der Waals surface area contributed by atoms with Crippen molar-refractivity contribution in [3.63, 3.8) is 0 Å². The number of anilines is 4. The molecule has 0 spiro atoms. The third kappa shape index (κ3) is 4.97. The fraction of sp³-hybridized carbons (Fsp3) is 0.320. The highest BCUT2D eigenvalue weighted by molar-refractivity contribution is 5.82. The van der Waals surface area contributed by atoms with Crippen LogP contribution in [0.5, 0.6) is 5.75 Å². The molecule has 0 fully saturated rings. The second kappa shape index (κ2) is 9.75. The van der Waals surface area contributed by atoms with Crippen molar-refractivity contribution in [3.8, 4) is 17.3 Å². The van der Waals surface area contributed by atoms with Crippen LogP contribution in [0.25, 0.3) is 22.6 Å². The summed E-state index contributed by atoms with van der Waals surface area (Å²) in [6.45, 7) is 3.56. The topological polar surface area (TPSA) is 97.4 Å². The highest BCUT2D eigenvalue weighted by Crippen LogP contribution is 2.36. The molecule has 0 aliphatic heterocycles. The van der Waals surface area contributed by atoms with Gasteiger partial charge in [-0.25, -0.2) is 19.3 Å². The van der Waals surface area contributed by atoms with Gasteiger partial charge in [-0.2, -0.15) is 0 Å². The van der Waals surface area contributed by atoms with Crippen LogP contribution in [0.2, 0.25) is 0 Å². The predicted octanol–water partition coefficient (Wildman–Crippen LogP) is 3.81. The van der Waals surface area contributed by atoms with Gasteiger partial charge in [0.15, 0.2) is 11.6 Å². The summed E-state index contributed by atoms with van der Waals surface area (Å²) < 4.78 is 21.9. The molecule has 3 N–H and O–H groups in total. The molecular formula is C25H31FN8O. The molecule has 0 atom stereocenters. The van der Waals surface area contributed by atoms with Gasteiger partial charge < -0.3 is 30.2 Å². The Hall–Kier alpha value is -3.92. The summed E-state index contributed by atoms with van der Waals surface area (Å²) in [7, 11) is 9.51. The number of hydrogen-bond acceptors (Lipinski definition) is 8. The molecule has 2 aromatic heterocycles. The zero-order valence-electron chi connectivity index (χ0n) is 20.9. The fourth-order valence-electron chi connectivity index (χ4n) is 3.92. The lowest BCUT2D eigenvalue weighted by Crippen LogP contribution is -2.29. The molecule has 0 aliphatic carbocycles. The SMILES string of the molecule is COc1cc(N(C)CCN(C)C)c(N)cc1Nc1nccc(-c2nc3c(F)cc(C)cc3n2C)n1. The Balaban J connectivity index is 1.65. The summed E-state index contributed by atoms with van der Waals surface area (Å²) in [6, 6.07) is 8.83. The van der Waals surface area contributed by atoms with Crippen molar-refractivity contribution in [2.45, 2.75) is 6.92 Å². The molecule has 184 valence electrons. The molecular weight excluding hydrogens is 447 g/mol. The second-order valence-electron chi connectivity index (χ2n) is 8.84. The summed E-state index contributed by atoms with van der Waals surface area (Å²) in [4.78, 5) is 17.7. The van der Waals surface area contributed by atoms with Crippen molar-refractivity contribution in [3.05, 3.63) is 47.9 Å². The minimum atomic E-state index is -0.356. The van der Waals surface area contributed by atoms with E-state index >= 15 is 0 Å². The van der Waals surface area contributed by atoms with Crippen molar-refractivity contribution in [2.24, 2.45) is 7.05 Å². The molecule has 2 aromatic carbocycles. The maximum Gasteiger partial charge on any atom is 0.227 e. The van der Waals surface area contributed by atoms with Crippen LogP contribution in [0.15, 0.2) is 36.5 Å². The van der Waals surface area contributed by atoms with Gasteiger partial charge in [0, 0.05) is 39.4 Å². The normalized spacial score (nSPS) is 11.3. The fourth-order valence-corrected chi connectivity index (χ4v) is 3.92. The number of likely N-dealkylation sites (N-methyl/N-ethyl adjacent to an activating group) is 2. The maximum absolute atomic E-state index is 14.5. The first-order valence-corrected chi connectivity index (χ1v) is 11.2. The minimum Gasteiger partial charge on any atom is -0.494 e. The van der Waals surface area contributed by atoms with E-state index in [4.69, 9.17) is 10.5 Å². The van der Waals surface area contributed by atoms with Crippen LogP contribution in [0.1, 0.15) is 5.56 Å². The van der Waals surface area contributed by atoms with Crippen LogP contribution >= 0.6 is 0 Å². The van der Waals surface area contributed by atoms with Crippen molar-refractivity contribution >= 4 is 34.0 Å². The number of ether oxygens (including phenoxy) is 1. The molecule has 0 amide bonds. The number of nitrogens with two attached hydrogens (primary N) is 1. The maximum atomic E-state index is 14.5. The molecule has 2 heterocycles. The molecule has 0 aliphatic rings. The first-order chi connectivity index (χ1) is 16.7. The summed E-state index contributed by atoms with van der Waals surface area (Å²) in [6.07, 6.45) is 1.63. The average Bonchev–Trinajstić information content (AvgIpc) is 3.14. The van der Waals surface area contributed by atoms with Crippen LogP contribution in [-0.4, -0.2) is 65.8 Å². The molecule has 0 unspecified atom stereocenters. The number of benzene rings is 2. The minimum absolute atomic E-state index is 0.310. The van der Waals surface area contributed by atoms with Crippen molar-refractivity contribution in [1.29, 1.82) is 0 Å². The third-order valence-corrected chi connectivity index (χ3v) is 5.86. The first kappa shape index (κ1) is 24.2. The molecule has 4 rings (SSSR count). The Bertz CT molecular complexity index is 1370. The van der Waals surface area contributed by atoms with Crippen molar-refractivity contribution in [2.75, 3.05) is 57.3 Å². The number of nitrogens with one attached hydrogen (secondary N) is 1. The summed E-state index contributed by atoms with van der Waals surface area (Å²) in [5, 5.41) is 3.20. The zero-order chi connectivity index (χ0) is 25.3. The number of fused-ring (bicyclic) bond motifs is 1. The Morgan fingerprint density at radius 2 is 1.89 bits per heavy atom. The van der Waals surface area contributed by atoms with Gasteiger partial charge in [-0.15, -0.1) is 0 Å². The van der Waals surface area contributed by atoms with Crippen molar-refractivity contribution < 1.29 is 9.13 Å². The van der Waals surface area contributed by atoms with Crippen molar-refractivity contribution in [1.82, 2.24) is 24.4 Å². The Labute approximate surface area is 204 Å². The van der Waals surface area contributed by atoms with E-state index in [0.717, 1.165) is 24.3 Å². The molecule has 10 heteroatoms. The van der Waals surface area contributed by atoms with Crippen LogP contribution in [0.4, 0.5) is 27.4 Å². The van der Waals surface area contributed by atoms with E-state index in [0.29, 0.717) is 45.6 Å². The van der Waals surface area contributed by atoms with Gasteiger partial charge in [0.2, 0.25) is 5.95 Å². The third-order valence-electron chi connectivity index (χ3n) is 5.86. The predicted molar refractivity (Wildman–Crippen MR) is 139 cm³/mol. The number of aryl methyl sites for hydroxylation is 2. The van der Waals surface area contributed by atoms with Gasteiger partial charge in [0.25, 0.3) is 0 Å². The van der Waals surface area contributed by atoms with E-state index in [2.05, 4.69) is 30.1 Å². The lowest BCUT2D eigenvalue weighted by atomic mass is 10.2. The first-order valence-electron chi connectivity index (χ1n) is 11.2. The summed E-state index contributed by atoms with van der Waals surface area (Å²) in [5.41, 5.74) is 10.9. The number of methoxy groups -OCH3 is 1. The van der Waals surface area contributed by atoms with E-state index in [1.54, 1.807) is 19.4 Å². The second-order valence-corrected chi connectivity index (χ2v) is 8.84. The highest BCUT2D eigenvalue weighted by Gasteiger charge is 2.17. The van der Waals surface area contributed by atoms with Crippen LogP contribution < -0.4 is 20.7 Å². The lowest BCUT2D eigenvalue weighted by molar-refractivity contribution is 0.413. The molecule has 35 heavy (non-hydrogen) atoms.